The summed E-state index contributed by atoms with van der Waals surface area (Å²) >= 11 is 0. The summed E-state index contributed by atoms with van der Waals surface area (Å²) in [4.78, 5) is 11.8. The minimum absolute atomic E-state index is 0.292. The molecule has 102 valence electrons. The molecule has 0 fully saturated rings. The molecule has 0 saturated heterocycles. The number of carbonyl (C=O) groups is 1. The highest BCUT2D eigenvalue weighted by Crippen LogP contribution is 2.07. The van der Waals surface area contributed by atoms with Gasteiger partial charge in [0, 0.05) is 25.4 Å². The number of benzene rings is 1. The lowest BCUT2D eigenvalue weighted by atomic mass is 10.1. The lowest BCUT2D eigenvalue weighted by molar-refractivity contribution is 0.0495. The molecule has 1 aromatic heterocycles. The molecule has 0 aliphatic carbocycles. The fourth-order valence-electron chi connectivity index (χ4n) is 1.81. The number of nitrogens with zero attached hydrogens (tertiary/aromatic N) is 3. The first kappa shape index (κ1) is 13.8. The zero-order valence-corrected chi connectivity index (χ0v) is 11.0. The van der Waals surface area contributed by atoms with Crippen LogP contribution in [-0.2, 0) is 17.7 Å². The van der Waals surface area contributed by atoms with Crippen LogP contribution in [0.3, 0.4) is 0 Å². The molecule has 2 rings (SSSR count). The molecular formula is C15H15N3O2. The molecule has 0 unspecified atom stereocenters. The second-order valence-corrected chi connectivity index (χ2v) is 4.29. The number of hydrogen-bond donors (Lipinski definition) is 0. The van der Waals surface area contributed by atoms with Crippen LogP contribution in [0.5, 0.6) is 0 Å². The average Bonchev–Trinajstić information content (AvgIpc) is 2.97. The number of aromatic nitrogens is 2. The van der Waals surface area contributed by atoms with E-state index in [0.29, 0.717) is 25.0 Å². The predicted molar refractivity (Wildman–Crippen MR) is 72.9 cm³/mol. The number of ether oxygens (including phenoxy) is 1. The van der Waals surface area contributed by atoms with Crippen molar-refractivity contribution < 1.29 is 9.53 Å². The molecule has 0 aliphatic rings. The summed E-state index contributed by atoms with van der Waals surface area (Å²) in [6, 6.07) is 10.9. The smallest absolute Gasteiger partial charge is 0.338 e. The number of rotatable bonds is 6. The third-order valence-corrected chi connectivity index (χ3v) is 2.77. The van der Waals surface area contributed by atoms with Crippen molar-refractivity contribution in [1.29, 1.82) is 5.26 Å². The first-order valence-corrected chi connectivity index (χ1v) is 6.40. The summed E-state index contributed by atoms with van der Waals surface area (Å²) in [7, 11) is 0. The summed E-state index contributed by atoms with van der Waals surface area (Å²) in [5.74, 6) is -0.356. The van der Waals surface area contributed by atoms with Crippen LogP contribution in [0.25, 0.3) is 0 Å². The molecule has 0 saturated carbocycles. The van der Waals surface area contributed by atoms with Gasteiger partial charge in [-0.2, -0.15) is 10.4 Å². The summed E-state index contributed by atoms with van der Waals surface area (Å²) < 4.78 is 6.99. The van der Waals surface area contributed by atoms with Crippen molar-refractivity contribution in [1.82, 2.24) is 9.78 Å². The topological polar surface area (TPSA) is 67.9 Å². The van der Waals surface area contributed by atoms with Crippen LogP contribution in [0.15, 0.2) is 42.7 Å². The molecule has 0 aliphatic heterocycles. The SMILES string of the molecule is N#CCc1cccc(C(=O)OCCCn2cccn2)c1. The number of esters is 1. The Balaban J connectivity index is 1.79. The van der Waals surface area contributed by atoms with Crippen molar-refractivity contribution in [2.45, 2.75) is 19.4 Å². The Labute approximate surface area is 117 Å². The highest BCUT2D eigenvalue weighted by molar-refractivity contribution is 5.89. The van der Waals surface area contributed by atoms with Crippen LogP contribution < -0.4 is 0 Å². The lowest BCUT2D eigenvalue weighted by Gasteiger charge is -2.06. The van der Waals surface area contributed by atoms with Gasteiger partial charge in [-0.15, -0.1) is 0 Å². The zero-order chi connectivity index (χ0) is 14.2. The van der Waals surface area contributed by atoms with Gasteiger partial charge in [-0.05, 0) is 23.8 Å². The Bertz CT molecular complexity index is 600. The predicted octanol–water partition coefficient (Wildman–Crippen LogP) is 2.20. The van der Waals surface area contributed by atoms with Crippen molar-refractivity contribution in [2.75, 3.05) is 6.61 Å². The molecule has 20 heavy (non-hydrogen) atoms. The van der Waals surface area contributed by atoms with Crippen LogP contribution in [0.4, 0.5) is 0 Å². The Morgan fingerprint density at radius 2 is 2.30 bits per heavy atom. The van der Waals surface area contributed by atoms with Gasteiger partial charge in [0.25, 0.3) is 0 Å². The van der Waals surface area contributed by atoms with Gasteiger partial charge in [-0.1, -0.05) is 12.1 Å². The highest BCUT2D eigenvalue weighted by Gasteiger charge is 2.07. The molecule has 5 heteroatoms. The maximum absolute atomic E-state index is 11.8. The van der Waals surface area contributed by atoms with Gasteiger partial charge in [0.1, 0.15) is 0 Å². The van der Waals surface area contributed by atoms with Gasteiger partial charge >= 0.3 is 5.97 Å². The third kappa shape index (κ3) is 3.95. The van der Waals surface area contributed by atoms with Crippen LogP contribution in [0.1, 0.15) is 22.3 Å². The van der Waals surface area contributed by atoms with E-state index < -0.39 is 0 Å². The Hall–Kier alpha value is -2.61. The molecule has 1 heterocycles. The van der Waals surface area contributed by atoms with Gasteiger partial charge < -0.3 is 4.74 Å². The van der Waals surface area contributed by atoms with E-state index in [1.54, 1.807) is 29.1 Å². The lowest BCUT2D eigenvalue weighted by Crippen LogP contribution is -2.09. The van der Waals surface area contributed by atoms with E-state index in [4.69, 9.17) is 10.00 Å². The molecule has 0 spiro atoms. The standard InChI is InChI=1S/C15H15N3O2/c16-7-6-13-4-1-5-14(12-13)15(19)20-11-3-10-18-9-2-8-17-18/h1-2,4-5,8-9,12H,3,6,10-11H2. The maximum Gasteiger partial charge on any atom is 0.338 e. The monoisotopic (exact) mass is 269 g/mol. The fourth-order valence-corrected chi connectivity index (χ4v) is 1.81. The van der Waals surface area contributed by atoms with Crippen LogP contribution in [-0.4, -0.2) is 22.4 Å². The van der Waals surface area contributed by atoms with Gasteiger partial charge in [0.15, 0.2) is 0 Å². The van der Waals surface area contributed by atoms with Crippen molar-refractivity contribution in [3.8, 4) is 6.07 Å². The molecule has 1 aromatic carbocycles. The van der Waals surface area contributed by atoms with Crippen molar-refractivity contribution >= 4 is 5.97 Å². The molecule has 2 aromatic rings. The largest absolute Gasteiger partial charge is 0.462 e. The third-order valence-electron chi connectivity index (χ3n) is 2.77. The highest BCUT2D eigenvalue weighted by atomic mass is 16.5. The van der Waals surface area contributed by atoms with Crippen molar-refractivity contribution in [2.24, 2.45) is 0 Å². The van der Waals surface area contributed by atoms with Crippen LogP contribution in [0.2, 0.25) is 0 Å². The molecule has 5 nitrogen and oxygen atoms in total. The van der Waals surface area contributed by atoms with Gasteiger partial charge in [0.05, 0.1) is 24.7 Å². The van der Waals surface area contributed by atoms with Gasteiger partial charge in [-0.3, -0.25) is 4.68 Å². The Kier molecular flexibility index (Phi) is 4.90. The zero-order valence-electron chi connectivity index (χ0n) is 11.0. The first-order valence-electron chi connectivity index (χ1n) is 6.40. The number of carbonyl (C=O) groups excluding carboxylic acids is 1. The molecule has 0 atom stereocenters. The maximum atomic E-state index is 11.8. The molecule has 0 N–H and O–H groups in total. The van der Waals surface area contributed by atoms with Crippen molar-refractivity contribution in [3.63, 3.8) is 0 Å². The van der Waals surface area contributed by atoms with Crippen LogP contribution >= 0.6 is 0 Å². The number of hydrogen-bond acceptors (Lipinski definition) is 4. The number of nitriles is 1. The van der Waals surface area contributed by atoms with E-state index in [1.165, 1.54) is 0 Å². The molecule has 0 bridgehead atoms. The van der Waals surface area contributed by atoms with Gasteiger partial charge in [0.2, 0.25) is 0 Å². The van der Waals surface area contributed by atoms with E-state index in [9.17, 15) is 4.79 Å². The van der Waals surface area contributed by atoms with Gasteiger partial charge in [-0.25, -0.2) is 4.79 Å². The van der Waals surface area contributed by atoms with E-state index in [-0.39, 0.29) is 5.97 Å². The fraction of sp³-hybridized carbons (Fsp3) is 0.267. The van der Waals surface area contributed by atoms with Crippen LogP contribution in [0, 0.1) is 11.3 Å². The second-order valence-electron chi connectivity index (χ2n) is 4.29. The molecular weight excluding hydrogens is 254 g/mol. The average molecular weight is 269 g/mol. The Morgan fingerprint density at radius 3 is 3.05 bits per heavy atom. The quantitative estimate of drug-likeness (QED) is 0.595. The van der Waals surface area contributed by atoms with E-state index in [1.807, 2.05) is 18.3 Å². The van der Waals surface area contributed by atoms with E-state index >= 15 is 0 Å². The van der Waals surface area contributed by atoms with E-state index in [2.05, 4.69) is 11.2 Å². The number of aryl methyl sites for hydroxylation is 1. The summed E-state index contributed by atoms with van der Waals surface area (Å²) in [5, 5.41) is 12.7. The minimum atomic E-state index is -0.356. The first-order chi connectivity index (χ1) is 9.79. The molecule has 0 amide bonds. The summed E-state index contributed by atoms with van der Waals surface area (Å²) in [6.45, 7) is 1.07. The normalized spacial score (nSPS) is 9.95. The van der Waals surface area contributed by atoms with E-state index in [0.717, 1.165) is 12.1 Å². The van der Waals surface area contributed by atoms with Crippen molar-refractivity contribution in [3.05, 3.63) is 53.9 Å². The second kappa shape index (κ2) is 7.10. The Morgan fingerprint density at radius 1 is 1.40 bits per heavy atom. The summed E-state index contributed by atoms with van der Waals surface area (Å²) in [6.07, 6.45) is 4.59. The summed E-state index contributed by atoms with van der Waals surface area (Å²) in [5.41, 5.74) is 1.30. The molecule has 0 radical (unpaired) electrons. The minimum Gasteiger partial charge on any atom is -0.462 e.